The summed E-state index contributed by atoms with van der Waals surface area (Å²) in [5.41, 5.74) is 5.35. The number of rotatable bonds is 3. The normalized spacial score (nSPS) is 27.3. The van der Waals surface area contributed by atoms with Crippen LogP contribution in [0.5, 0.6) is 0 Å². The maximum absolute atomic E-state index is 7.19. The van der Waals surface area contributed by atoms with E-state index < -0.39 is 0 Å². The highest BCUT2D eigenvalue weighted by Gasteiger charge is 2.22. The molecule has 0 saturated carbocycles. The van der Waals surface area contributed by atoms with Crippen LogP contribution in [-0.2, 0) is 0 Å². The average Bonchev–Trinajstić information content (AvgIpc) is 2.34. The van der Waals surface area contributed by atoms with Crippen molar-refractivity contribution in [2.24, 2.45) is 11.7 Å². The summed E-state index contributed by atoms with van der Waals surface area (Å²) in [7, 11) is 0. The van der Waals surface area contributed by atoms with Crippen LogP contribution in [0, 0.1) is 11.3 Å². The van der Waals surface area contributed by atoms with Crippen LogP contribution in [0.25, 0.3) is 0 Å². The smallest absolute Gasteiger partial charge is 0.0920 e. The van der Waals surface area contributed by atoms with Crippen molar-refractivity contribution < 1.29 is 0 Å². The van der Waals surface area contributed by atoms with Gasteiger partial charge in [0.15, 0.2) is 0 Å². The van der Waals surface area contributed by atoms with Gasteiger partial charge in [0.05, 0.1) is 5.84 Å². The van der Waals surface area contributed by atoms with Crippen molar-refractivity contribution in [2.45, 2.75) is 32.7 Å². The molecule has 2 unspecified atom stereocenters. The van der Waals surface area contributed by atoms with E-state index >= 15 is 0 Å². The van der Waals surface area contributed by atoms with E-state index in [1.807, 2.05) is 0 Å². The van der Waals surface area contributed by atoms with Gasteiger partial charge in [0.25, 0.3) is 0 Å². The summed E-state index contributed by atoms with van der Waals surface area (Å²) in [5.74, 6) is 1.13. The maximum atomic E-state index is 7.19. The lowest BCUT2D eigenvalue weighted by Gasteiger charge is -2.23. The first kappa shape index (κ1) is 9.52. The Morgan fingerprint density at radius 1 is 1.75 bits per heavy atom. The first-order valence-electron chi connectivity index (χ1n) is 4.66. The largest absolute Gasteiger partial charge is 0.388 e. The maximum Gasteiger partial charge on any atom is 0.0920 e. The molecule has 0 aromatic carbocycles. The quantitative estimate of drug-likeness (QED) is 0.490. The average molecular weight is 169 g/mol. The zero-order chi connectivity index (χ0) is 9.14. The second kappa shape index (κ2) is 3.90. The molecular weight excluding hydrogens is 150 g/mol. The third-order valence-corrected chi connectivity index (χ3v) is 2.59. The standard InChI is InChI=1S/C9H19N3/c1-7-3-4-12(6-7)8(2)5-9(10)11/h7-8H,3-6H2,1-2H3,(H3,10,11). The lowest BCUT2D eigenvalue weighted by Crippen LogP contribution is -2.34. The minimum absolute atomic E-state index is 0.307. The number of nitrogens with one attached hydrogen (secondary N) is 1. The Balaban J connectivity index is 2.32. The lowest BCUT2D eigenvalue weighted by atomic mass is 10.1. The van der Waals surface area contributed by atoms with Crippen molar-refractivity contribution in [1.82, 2.24) is 4.90 Å². The third-order valence-electron chi connectivity index (χ3n) is 2.59. The molecule has 0 amide bonds. The molecule has 12 heavy (non-hydrogen) atoms. The summed E-state index contributed by atoms with van der Waals surface area (Å²) in [6, 6.07) is 0.451. The van der Waals surface area contributed by atoms with Gasteiger partial charge in [-0.05, 0) is 25.8 Å². The fraction of sp³-hybridized carbons (Fsp3) is 0.889. The topological polar surface area (TPSA) is 53.1 Å². The summed E-state index contributed by atoms with van der Waals surface area (Å²) < 4.78 is 0. The van der Waals surface area contributed by atoms with Crippen LogP contribution >= 0.6 is 0 Å². The van der Waals surface area contributed by atoms with Crippen molar-refractivity contribution in [3.8, 4) is 0 Å². The second-order valence-corrected chi connectivity index (χ2v) is 3.97. The zero-order valence-electron chi connectivity index (χ0n) is 8.01. The highest BCUT2D eigenvalue weighted by Crippen LogP contribution is 2.18. The predicted molar refractivity (Wildman–Crippen MR) is 51.3 cm³/mol. The van der Waals surface area contributed by atoms with E-state index in [-0.39, 0.29) is 0 Å². The van der Waals surface area contributed by atoms with Crippen molar-refractivity contribution in [3.05, 3.63) is 0 Å². The Bertz CT molecular complexity index is 167. The first-order chi connectivity index (χ1) is 5.59. The third kappa shape index (κ3) is 2.48. The number of hydrogen-bond acceptors (Lipinski definition) is 2. The van der Waals surface area contributed by atoms with E-state index in [2.05, 4.69) is 18.7 Å². The Hall–Kier alpha value is -0.570. The molecule has 0 spiro atoms. The van der Waals surface area contributed by atoms with Crippen LogP contribution in [0.15, 0.2) is 0 Å². The molecule has 1 saturated heterocycles. The van der Waals surface area contributed by atoms with E-state index in [0.29, 0.717) is 18.3 Å². The molecule has 1 rings (SSSR count). The van der Waals surface area contributed by atoms with Crippen LogP contribution in [0.4, 0.5) is 0 Å². The summed E-state index contributed by atoms with van der Waals surface area (Å²) >= 11 is 0. The van der Waals surface area contributed by atoms with Gasteiger partial charge in [-0.1, -0.05) is 6.92 Å². The number of likely N-dealkylation sites (tertiary alicyclic amines) is 1. The predicted octanol–water partition coefficient (Wildman–Crippen LogP) is 1.04. The number of hydrogen-bond donors (Lipinski definition) is 2. The molecule has 70 valence electrons. The molecule has 1 heterocycles. The number of amidine groups is 1. The fourth-order valence-corrected chi connectivity index (χ4v) is 1.82. The SMILES string of the molecule is CC1CCN(C(C)CC(=N)N)C1. The molecule has 1 fully saturated rings. The van der Waals surface area contributed by atoms with Crippen molar-refractivity contribution >= 4 is 5.84 Å². The van der Waals surface area contributed by atoms with Crippen LogP contribution in [-0.4, -0.2) is 29.9 Å². The first-order valence-corrected chi connectivity index (χ1v) is 4.66. The van der Waals surface area contributed by atoms with Crippen molar-refractivity contribution in [2.75, 3.05) is 13.1 Å². The van der Waals surface area contributed by atoms with E-state index in [0.717, 1.165) is 5.92 Å². The summed E-state index contributed by atoms with van der Waals surface area (Å²) in [6.45, 7) is 6.78. The zero-order valence-corrected chi connectivity index (χ0v) is 8.01. The molecule has 0 aliphatic carbocycles. The van der Waals surface area contributed by atoms with Crippen molar-refractivity contribution in [1.29, 1.82) is 5.41 Å². The molecule has 3 N–H and O–H groups in total. The lowest BCUT2D eigenvalue weighted by molar-refractivity contribution is 0.256. The van der Waals surface area contributed by atoms with Gasteiger partial charge < -0.3 is 5.73 Å². The molecule has 2 atom stereocenters. The van der Waals surface area contributed by atoms with E-state index in [1.165, 1.54) is 19.5 Å². The van der Waals surface area contributed by atoms with Crippen LogP contribution in [0.1, 0.15) is 26.7 Å². The molecule has 1 aliphatic heterocycles. The molecule has 0 radical (unpaired) electrons. The number of nitrogens with two attached hydrogens (primary N) is 1. The monoisotopic (exact) mass is 169 g/mol. The van der Waals surface area contributed by atoms with Crippen LogP contribution in [0.2, 0.25) is 0 Å². The summed E-state index contributed by atoms with van der Waals surface area (Å²) in [5, 5.41) is 7.19. The highest BCUT2D eigenvalue weighted by atomic mass is 15.2. The minimum Gasteiger partial charge on any atom is -0.388 e. The van der Waals surface area contributed by atoms with Crippen LogP contribution < -0.4 is 5.73 Å². The van der Waals surface area contributed by atoms with Crippen molar-refractivity contribution in [3.63, 3.8) is 0 Å². The number of nitrogens with zero attached hydrogens (tertiary/aromatic N) is 1. The van der Waals surface area contributed by atoms with Gasteiger partial charge in [-0.25, -0.2) is 0 Å². The van der Waals surface area contributed by atoms with Gasteiger partial charge in [-0.2, -0.15) is 0 Å². The minimum atomic E-state index is 0.307. The Morgan fingerprint density at radius 3 is 2.83 bits per heavy atom. The van der Waals surface area contributed by atoms with E-state index in [9.17, 15) is 0 Å². The molecule has 3 heteroatoms. The molecular formula is C9H19N3. The Labute approximate surface area is 74.4 Å². The second-order valence-electron chi connectivity index (χ2n) is 3.97. The van der Waals surface area contributed by atoms with Gasteiger partial charge in [0.2, 0.25) is 0 Å². The Kier molecular flexibility index (Phi) is 3.09. The van der Waals surface area contributed by atoms with Crippen LogP contribution in [0.3, 0.4) is 0 Å². The summed E-state index contributed by atoms with van der Waals surface area (Å²) in [6.07, 6.45) is 2.01. The van der Waals surface area contributed by atoms with Gasteiger partial charge in [-0.15, -0.1) is 0 Å². The van der Waals surface area contributed by atoms with E-state index in [1.54, 1.807) is 0 Å². The molecule has 1 aliphatic rings. The van der Waals surface area contributed by atoms with Gasteiger partial charge >= 0.3 is 0 Å². The van der Waals surface area contributed by atoms with E-state index in [4.69, 9.17) is 11.1 Å². The summed E-state index contributed by atoms with van der Waals surface area (Å²) in [4.78, 5) is 2.42. The molecule has 3 nitrogen and oxygen atoms in total. The van der Waals surface area contributed by atoms with Gasteiger partial charge in [0, 0.05) is 19.0 Å². The Morgan fingerprint density at radius 2 is 2.42 bits per heavy atom. The van der Waals surface area contributed by atoms with Gasteiger partial charge in [-0.3, -0.25) is 10.3 Å². The van der Waals surface area contributed by atoms with Gasteiger partial charge in [0.1, 0.15) is 0 Å². The molecule has 0 aromatic heterocycles. The fourth-order valence-electron chi connectivity index (χ4n) is 1.82. The molecule has 0 aromatic rings. The highest BCUT2D eigenvalue weighted by molar-refractivity contribution is 5.77. The molecule has 0 bridgehead atoms.